The lowest BCUT2D eigenvalue weighted by molar-refractivity contribution is -0.144. The highest BCUT2D eigenvalue weighted by atomic mass is 16.6. The van der Waals surface area contributed by atoms with E-state index in [9.17, 15) is 24.3 Å². The first-order valence-corrected chi connectivity index (χ1v) is 11.2. The molecular weight excluding hydrogens is 488 g/mol. The van der Waals surface area contributed by atoms with Gasteiger partial charge in [0.25, 0.3) is 0 Å². The van der Waals surface area contributed by atoms with Crippen LogP contribution in [0, 0.1) is 11.3 Å². The lowest BCUT2D eigenvalue weighted by atomic mass is 10.1. The molecule has 0 bridgehead atoms. The zero-order valence-corrected chi connectivity index (χ0v) is 21.3. The minimum absolute atomic E-state index is 0.0141. The first kappa shape index (κ1) is 28.8. The number of rotatable bonds is 10. The lowest BCUT2D eigenvalue weighted by Gasteiger charge is -2.22. The molecule has 15 nitrogen and oxygen atoms in total. The molecule has 0 aliphatic heterocycles. The molecule has 15 heteroatoms. The zero-order valence-electron chi connectivity index (χ0n) is 21.3. The van der Waals surface area contributed by atoms with Crippen molar-refractivity contribution in [3.63, 3.8) is 0 Å². The Morgan fingerprint density at radius 3 is 2.46 bits per heavy atom. The standard InChI is InChI=1S/C22H30N8O7/c1-21(2,3)36-19(34)24-8-9-29(12-16(32)33)15(31)11-30-10-14-17(25-13-26-18(14)28-30)27-20(35)37-22(4,5)6-7-23/h10,13H,6,8-9,11-12H2,1-5H3,(H,24,34)(H,32,33)(H,25,26,27,28,35). The molecule has 37 heavy (non-hydrogen) atoms. The number of ether oxygens (including phenoxy) is 2. The van der Waals surface area contributed by atoms with Crippen molar-refractivity contribution >= 4 is 40.9 Å². The van der Waals surface area contributed by atoms with Gasteiger partial charge in [0, 0.05) is 19.3 Å². The van der Waals surface area contributed by atoms with Crippen LogP contribution in [0.4, 0.5) is 15.4 Å². The molecule has 3 amide bonds. The number of fused-ring (bicyclic) bond motifs is 1. The Labute approximate surface area is 212 Å². The Kier molecular flexibility index (Phi) is 9.30. The average molecular weight is 519 g/mol. The fourth-order valence-electron chi connectivity index (χ4n) is 2.97. The molecule has 0 radical (unpaired) electrons. The Morgan fingerprint density at radius 1 is 1.14 bits per heavy atom. The molecule has 0 saturated heterocycles. The van der Waals surface area contributed by atoms with Crippen LogP contribution < -0.4 is 10.6 Å². The van der Waals surface area contributed by atoms with Crippen LogP contribution in [0.25, 0.3) is 11.0 Å². The number of hydrogen-bond acceptors (Lipinski definition) is 10. The van der Waals surface area contributed by atoms with Crippen LogP contribution in [0.1, 0.15) is 41.0 Å². The van der Waals surface area contributed by atoms with E-state index in [1.807, 2.05) is 6.07 Å². The van der Waals surface area contributed by atoms with E-state index in [2.05, 4.69) is 25.7 Å². The van der Waals surface area contributed by atoms with Gasteiger partial charge in [-0.15, -0.1) is 0 Å². The number of alkyl carbamates (subject to hydrolysis) is 1. The molecular formula is C22H30N8O7. The monoisotopic (exact) mass is 518 g/mol. The second kappa shape index (κ2) is 12.0. The van der Waals surface area contributed by atoms with Crippen LogP contribution in [-0.4, -0.2) is 84.7 Å². The molecule has 0 unspecified atom stereocenters. The topological polar surface area (TPSA) is 202 Å². The number of aliphatic carboxylic acids is 1. The summed E-state index contributed by atoms with van der Waals surface area (Å²) >= 11 is 0. The van der Waals surface area contributed by atoms with Gasteiger partial charge in [-0.2, -0.15) is 10.4 Å². The Hall–Kier alpha value is -4.48. The molecule has 0 aliphatic carbocycles. The van der Waals surface area contributed by atoms with Crippen molar-refractivity contribution < 1.29 is 33.8 Å². The normalized spacial score (nSPS) is 11.4. The predicted molar refractivity (Wildman–Crippen MR) is 128 cm³/mol. The van der Waals surface area contributed by atoms with Crippen LogP contribution in [0.2, 0.25) is 0 Å². The molecule has 0 saturated carbocycles. The molecule has 2 aromatic rings. The van der Waals surface area contributed by atoms with Gasteiger partial charge in [0.1, 0.15) is 36.4 Å². The SMILES string of the molecule is CC(C)(C)OC(=O)NCCN(CC(=O)O)C(=O)Cn1cc2c(NC(=O)OC(C)(C)CC#N)ncnc2n1. The molecule has 0 atom stereocenters. The fourth-order valence-corrected chi connectivity index (χ4v) is 2.97. The minimum Gasteiger partial charge on any atom is -0.480 e. The van der Waals surface area contributed by atoms with E-state index in [-0.39, 0.29) is 37.5 Å². The number of nitriles is 1. The van der Waals surface area contributed by atoms with Gasteiger partial charge in [-0.05, 0) is 34.6 Å². The number of carboxylic acids is 1. The fraction of sp³-hybridized carbons (Fsp3) is 0.545. The summed E-state index contributed by atoms with van der Waals surface area (Å²) in [5.74, 6) is -1.74. The van der Waals surface area contributed by atoms with Crippen molar-refractivity contribution in [3.05, 3.63) is 12.5 Å². The molecule has 2 heterocycles. The summed E-state index contributed by atoms with van der Waals surface area (Å²) in [6, 6.07) is 1.93. The van der Waals surface area contributed by atoms with E-state index >= 15 is 0 Å². The van der Waals surface area contributed by atoms with E-state index in [1.165, 1.54) is 10.9 Å². The van der Waals surface area contributed by atoms with Crippen molar-refractivity contribution in [3.8, 4) is 6.07 Å². The van der Waals surface area contributed by atoms with Gasteiger partial charge in [0.2, 0.25) is 5.91 Å². The summed E-state index contributed by atoms with van der Waals surface area (Å²) in [7, 11) is 0. The van der Waals surface area contributed by atoms with Crippen LogP contribution in [0.15, 0.2) is 12.5 Å². The smallest absolute Gasteiger partial charge is 0.413 e. The predicted octanol–water partition coefficient (Wildman–Crippen LogP) is 1.50. The van der Waals surface area contributed by atoms with Crippen molar-refractivity contribution in [1.29, 1.82) is 5.26 Å². The van der Waals surface area contributed by atoms with Gasteiger partial charge in [0.15, 0.2) is 5.65 Å². The Bertz CT molecular complexity index is 1200. The number of nitrogens with zero attached hydrogens (tertiary/aromatic N) is 6. The summed E-state index contributed by atoms with van der Waals surface area (Å²) < 4.78 is 11.6. The maximum Gasteiger partial charge on any atom is 0.413 e. The molecule has 3 N–H and O–H groups in total. The van der Waals surface area contributed by atoms with Crippen LogP contribution >= 0.6 is 0 Å². The number of amides is 3. The van der Waals surface area contributed by atoms with Crippen molar-refractivity contribution in [1.82, 2.24) is 30.0 Å². The van der Waals surface area contributed by atoms with Crippen LogP contribution in [-0.2, 0) is 25.6 Å². The van der Waals surface area contributed by atoms with Gasteiger partial charge in [0.05, 0.1) is 17.9 Å². The van der Waals surface area contributed by atoms with Crippen molar-refractivity contribution in [2.45, 2.75) is 58.8 Å². The number of aromatic nitrogens is 4. The molecule has 0 aromatic carbocycles. The van der Waals surface area contributed by atoms with Gasteiger partial charge in [-0.3, -0.25) is 19.6 Å². The van der Waals surface area contributed by atoms with E-state index in [0.717, 1.165) is 11.2 Å². The number of anilines is 1. The van der Waals surface area contributed by atoms with E-state index in [1.54, 1.807) is 34.6 Å². The molecule has 200 valence electrons. The van der Waals surface area contributed by atoms with Gasteiger partial charge in [-0.25, -0.2) is 19.6 Å². The first-order chi connectivity index (χ1) is 17.2. The molecule has 2 rings (SSSR count). The molecule has 0 spiro atoms. The lowest BCUT2D eigenvalue weighted by Crippen LogP contribution is -2.43. The number of carbonyl (C=O) groups is 4. The Morgan fingerprint density at radius 2 is 1.84 bits per heavy atom. The van der Waals surface area contributed by atoms with Gasteiger partial charge < -0.3 is 24.8 Å². The number of hydrogen-bond donors (Lipinski definition) is 3. The van der Waals surface area contributed by atoms with Crippen molar-refractivity contribution in [2.75, 3.05) is 25.0 Å². The molecule has 0 aliphatic rings. The summed E-state index contributed by atoms with van der Waals surface area (Å²) in [5.41, 5.74) is -1.55. The third-order valence-corrected chi connectivity index (χ3v) is 4.48. The summed E-state index contributed by atoms with van der Waals surface area (Å²) in [6.45, 7) is 7.23. The summed E-state index contributed by atoms with van der Waals surface area (Å²) in [5, 5.41) is 27.5. The largest absolute Gasteiger partial charge is 0.480 e. The van der Waals surface area contributed by atoms with Gasteiger partial charge in [-0.1, -0.05) is 0 Å². The van der Waals surface area contributed by atoms with E-state index in [0.29, 0.717) is 5.39 Å². The first-order valence-electron chi connectivity index (χ1n) is 11.2. The third-order valence-electron chi connectivity index (χ3n) is 4.48. The third kappa shape index (κ3) is 9.59. The average Bonchev–Trinajstić information content (AvgIpc) is 3.14. The molecule has 0 fully saturated rings. The van der Waals surface area contributed by atoms with Crippen LogP contribution in [0.5, 0.6) is 0 Å². The maximum absolute atomic E-state index is 12.8. The molecule has 2 aromatic heterocycles. The summed E-state index contributed by atoms with van der Waals surface area (Å²) in [4.78, 5) is 57.2. The minimum atomic E-state index is -1.23. The highest BCUT2D eigenvalue weighted by Crippen LogP contribution is 2.20. The van der Waals surface area contributed by atoms with Gasteiger partial charge >= 0.3 is 18.2 Å². The quantitative estimate of drug-likeness (QED) is 0.411. The Balaban J connectivity index is 2.09. The highest BCUT2D eigenvalue weighted by molar-refractivity contribution is 5.95. The maximum atomic E-state index is 12.8. The highest BCUT2D eigenvalue weighted by Gasteiger charge is 2.24. The number of carbonyl (C=O) groups excluding carboxylic acids is 3. The second-order valence-electron chi connectivity index (χ2n) is 9.53. The number of carboxylic acid groups (broad SMARTS) is 1. The van der Waals surface area contributed by atoms with Crippen LogP contribution in [0.3, 0.4) is 0 Å². The van der Waals surface area contributed by atoms with E-state index in [4.69, 9.17) is 14.7 Å². The number of nitrogens with one attached hydrogen (secondary N) is 2. The zero-order chi connectivity index (χ0) is 27.8. The van der Waals surface area contributed by atoms with E-state index < -0.39 is 41.8 Å². The second-order valence-corrected chi connectivity index (χ2v) is 9.53. The summed E-state index contributed by atoms with van der Waals surface area (Å²) in [6.07, 6.45) is 1.04. The van der Waals surface area contributed by atoms with Crippen molar-refractivity contribution in [2.24, 2.45) is 0 Å².